The van der Waals surface area contributed by atoms with Crippen LogP contribution in [-0.2, 0) is 9.47 Å². The van der Waals surface area contributed by atoms with Gasteiger partial charge in [-0.2, -0.15) is 10.5 Å². The van der Waals surface area contributed by atoms with Gasteiger partial charge in [0.05, 0.1) is 45.2 Å². The molecule has 4 rings (SSSR count). The zero-order valence-corrected chi connectivity index (χ0v) is 24.6. The fourth-order valence-electron chi connectivity index (χ4n) is 4.51. The summed E-state index contributed by atoms with van der Waals surface area (Å²) in [6, 6.07) is 12.2. The number of ether oxygens (including phenoxy) is 2. The van der Waals surface area contributed by atoms with Gasteiger partial charge in [-0.15, -0.1) is 23.5 Å². The van der Waals surface area contributed by atoms with Crippen LogP contribution >= 0.6 is 23.5 Å². The summed E-state index contributed by atoms with van der Waals surface area (Å²) in [5.74, 6) is 0.467. The highest BCUT2D eigenvalue weighted by Crippen LogP contribution is 2.36. The third-order valence-corrected chi connectivity index (χ3v) is 8.65. The Morgan fingerprint density at radius 1 is 0.775 bits per heavy atom. The van der Waals surface area contributed by atoms with Gasteiger partial charge in [-0.25, -0.2) is 9.59 Å². The summed E-state index contributed by atoms with van der Waals surface area (Å²) in [5.41, 5.74) is 5.07. The van der Waals surface area contributed by atoms with Crippen molar-refractivity contribution in [2.75, 3.05) is 24.7 Å². The maximum absolute atomic E-state index is 12.8. The standard InChI is InChI=1S/C30H30N4O4S2/c1-5-37-29(35)25-27(21(17-31)23-15-19(3)9-11-33(23)25)39-13-7-8-14-40-28-22(18-32)24-16-20(4)10-12-34(24)26(28)30(36)38-6-2/h9-12,15-16H,5-8,13-14H2,1-4H3. The van der Waals surface area contributed by atoms with E-state index < -0.39 is 11.9 Å². The SMILES string of the molecule is CCOC(=O)c1c(SCCCCSc2c(C#N)c3cc(C)ccn3c2C(=O)OCC)c(C#N)c2cc(C)ccn12. The van der Waals surface area contributed by atoms with Crippen molar-refractivity contribution in [3.05, 3.63) is 70.3 Å². The molecule has 40 heavy (non-hydrogen) atoms. The average Bonchev–Trinajstić information content (AvgIpc) is 3.41. The molecule has 0 aliphatic carbocycles. The molecule has 0 radical (unpaired) electrons. The Bertz CT molecular complexity index is 1550. The normalized spacial score (nSPS) is 10.9. The number of carbonyl (C=O) groups is 2. The number of hydrogen-bond acceptors (Lipinski definition) is 8. The van der Waals surface area contributed by atoms with Crippen LogP contribution in [0, 0.1) is 36.5 Å². The van der Waals surface area contributed by atoms with Crippen molar-refractivity contribution in [3.8, 4) is 12.1 Å². The molecular formula is C30H30N4O4S2. The molecule has 0 spiro atoms. The Labute approximate surface area is 241 Å². The molecule has 4 aromatic heterocycles. The molecule has 0 fully saturated rings. The number of aryl methyl sites for hydroxylation is 2. The van der Waals surface area contributed by atoms with Gasteiger partial charge in [-0.3, -0.25) is 0 Å². The Hall–Kier alpha value is -3.86. The summed E-state index contributed by atoms with van der Waals surface area (Å²) in [7, 11) is 0. The number of esters is 2. The minimum absolute atomic E-state index is 0.244. The van der Waals surface area contributed by atoms with Gasteiger partial charge in [0.2, 0.25) is 0 Å². The smallest absolute Gasteiger partial charge is 0.356 e. The molecule has 0 aromatic carbocycles. The van der Waals surface area contributed by atoms with E-state index in [0.717, 1.165) is 24.0 Å². The van der Waals surface area contributed by atoms with Gasteiger partial charge >= 0.3 is 11.9 Å². The zero-order valence-electron chi connectivity index (χ0n) is 22.9. The van der Waals surface area contributed by atoms with Crippen LogP contribution in [0.15, 0.2) is 46.5 Å². The molecule has 4 aromatic rings. The Morgan fingerprint density at radius 2 is 1.18 bits per heavy atom. The third-order valence-electron chi connectivity index (χ3n) is 6.29. The predicted molar refractivity (Wildman–Crippen MR) is 156 cm³/mol. The Morgan fingerprint density at radius 3 is 1.52 bits per heavy atom. The Balaban J connectivity index is 1.50. The minimum atomic E-state index is -0.451. The number of carbonyl (C=O) groups excluding carboxylic acids is 2. The van der Waals surface area contributed by atoms with Gasteiger partial charge in [0.1, 0.15) is 23.5 Å². The maximum atomic E-state index is 12.8. The maximum Gasteiger partial charge on any atom is 0.356 e. The van der Waals surface area contributed by atoms with Gasteiger partial charge in [0.25, 0.3) is 0 Å². The van der Waals surface area contributed by atoms with Crippen molar-refractivity contribution < 1.29 is 19.1 Å². The number of nitrogens with zero attached hydrogens (tertiary/aromatic N) is 4. The summed E-state index contributed by atoms with van der Waals surface area (Å²) in [4.78, 5) is 26.9. The molecule has 0 bridgehead atoms. The quantitative estimate of drug-likeness (QED) is 0.112. The van der Waals surface area contributed by atoms with Gasteiger partial charge in [-0.05, 0) is 87.4 Å². The number of thioether (sulfide) groups is 2. The second-order valence-corrected chi connectivity index (χ2v) is 11.3. The van der Waals surface area contributed by atoms with E-state index in [2.05, 4.69) is 12.1 Å². The number of pyridine rings is 2. The zero-order chi connectivity index (χ0) is 28.8. The van der Waals surface area contributed by atoms with Crippen molar-refractivity contribution >= 4 is 46.5 Å². The molecule has 0 aliphatic heterocycles. The van der Waals surface area contributed by atoms with Gasteiger partial charge < -0.3 is 18.3 Å². The van der Waals surface area contributed by atoms with E-state index in [1.54, 1.807) is 35.0 Å². The van der Waals surface area contributed by atoms with Crippen molar-refractivity contribution in [1.82, 2.24) is 8.80 Å². The van der Waals surface area contributed by atoms with Crippen LogP contribution in [0.4, 0.5) is 0 Å². The monoisotopic (exact) mass is 574 g/mol. The molecule has 0 unspecified atom stereocenters. The van der Waals surface area contributed by atoms with Crippen LogP contribution in [-0.4, -0.2) is 45.5 Å². The number of nitriles is 2. The first-order valence-corrected chi connectivity index (χ1v) is 15.0. The minimum Gasteiger partial charge on any atom is -0.461 e. The number of rotatable bonds is 11. The molecule has 4 heterocycles. The van der Waals surface area contributed by atoms with E-state index >= 15 is 0 Å². The molecule has 0 N–H and O–H groups in total. The lowest BCUT2D eigenvalue weighted by Crippen LogP contribution is -2.09. The van der Waals surface area contributed by atoms with Crippen molar-refractivity contribution in [2.45, 2.75) is 50.3 Å². The number of unbranched alkanes of at least 4 members (excludes halogenated alkanes) is 1. The van der Waals surface area contributed by atoms with Gasteiger partial charge in [0.15, 0.2) is 0 Å². The molecule has 206 valence electrons. The van der Waals surface area contributed by atoms with E-state index in [1.165, 1.54) is 23.5 Å². The second-order valence-electron chi connectivity index (χ2n) is 9.09. The molecule has 8 nitrogen and oxygen atoms in total. The fraction of sp³-hybridized carbons (Fsp3) is 0.333. The number of fused-ring (bicyclic) bond motifs is 2. The topological polar surface area (TPSA) is 109 Å². The lowest BCUT2D eigenvalue weighted by molar-refractivity contribution is 0.0504. The molecule has 0 saturated carbocycles. The first kappa shape index (κ1) is 29.1. The first-order valence-electron chi connectivity index (χ1n) is 13.1. The summed E-state index contributed by atoms with van der Waals surface area (Å²) >= 11 is 2.95. The molecular weight excluding hydrogens is 544 g/mol. The van der Waals surface area contributed by atoms with Gasteiger partial charge in [0, 0.05) is 12.4 Å². The number of aromatic nitrogens is 2. The fourth-order valence-corrected chi connectivity index (χ4v) is 6.84. The predicted octanol–water partition coefficient (Wildman–Crippen LogP) is 6.57. The highest BCUT2D eigenvalue weighted by molar-refractivity contribution is 7.99. The molecule has 0 amide bonds. The van der Waals surface area contributed by atoms with Crippen LogP contribution in [0.2, 0.25) is 0 Å². The highest BCUT2D eigenvalue weighted by Gasteiger charge is 2.26. The van der Waals surface area contributed by atoms with Crippen LogP contribution in [0.5, 0.6) is 0 Å². The summed E-state index contributed by atoms with van der Waals surface area (Å²) in [6.45, 7) is 7.90. The summed E-state index contributed by atoms with van der Waals surface area (Å²) < 4.78 is 14.1. The largest absolute Gasteiger partial charge is 0.461 e. The molecule has 0 atom stereocenters. The van der Waals surface area contributed by atoms with E-state index in [-0.39, 0.29) is 13.2 Å². The van der Waals surface area contributed by atoms with Crippen molar-refractivity contribution in [2.24, 2.45) is 0 Å². The summed E-state index contributed by atoms with van der Waals surface area (Å²) in [6.07, 6.45) is 5.21. The lowest BCUT2D eigenvalue weighted by atomic mass is 10.2. The first-order chi connectivity index (χ1) is 19.4. The summed E-state index contributed by atoms with van der Waals surface area (Å²) in [5, 5.41) is 19.9. The molecule has 10 heteroatoms. The lowest BCUT2D eigenvalue weighted by Gasteiger charge is -2.07. The number of hydrogen-bond donors (Lipinski definition) is 0. The van der Waals surface area contributed by atoms with Crippen LogP contribution in [0.1, 0.15) is 69.9 Å². The van der Waals surface area contributed by atoms with E-state index in [9.17, 15) is 20.1 Å². The average molecular weight is 575 g/mol. The third kappa shape index (κ3) is 5.70. The van der Waals surface area contributed by atoms with E-state index in [4.69, 9.17) is 9.47 Å². The van der Waals surface area contributed by atoms with E-state index in [1.807, 2.05) is 38.1 Å². The molecule has 0 saturated heterocycles. The van der Waals surface area contributed by atoms with Crippen LogP contribution in [0.3, 0.4) is 0 Å². The van der Waals surface area contributed by atoms with Crippen molar-refractivity contribution in [1.29, 1.82) is 10.5 Å². The second kappa shape index (κ2) is 13.0. The van der Waals surface area contributed by atoms with Crippen molar-refractivity contribution in [3.63, 3.8) is 0 Å². The molecule has 0 aliphatic rings. The Kier molecular flexibility index (Phi) is 9.46. The highest BCUT2D eigenvalue weighted by atomic mass is 32.2. The van der Waals surface area contributed by atoms with Gasteiger partial charge in [-0.1, -0.05) is 0 Å². The van der Waals surface area contributed by atoms with E-state index in [0.29, 0.717) is 54.8 Å². The van der Waals surface area contributed by atoms with Crippen LogP contribution in [0.25, 0.3) is 11.0 Å². The van der Waals surface area contributed by atoms with Crippen LogP contribution < -0.4 is 0 Å².